The van der Waals surface area contributed by atoms with E-state index in [2.05, 4.69) is 15.0 Å². The van der Waals surface area contributed by atoms with Gasteiger partial charge in [0.15, 0.2) is 0 Å². The van der Waals surface area contributed by atoms with Gasteiger partial charge in [0.1, 0.15) is 17.5 Å². The van der Waals surface area contributed by atoms with E-state index in [1.54, 1.807) is 18.5 Å². The average molecular weight is 288 g/mol. The summed E-state index contributed by atoms with van der Waals surface area (Å²) < 4.78 is 13.4. The molecular formula is C17H9FN4. The molecular weight excluding hydrogens is 279 g/mol. The number of nitrogens with zero attached hydrogens (tertiary/aromatic N) is 3. The maximum atomic E-state index is 13.4. The average Bonchev–Trinajstić information content (AvgIpc) is 2.93. The standard InChI is InChI=1S/C17H9FN4/c18-14-3-1-10(7-11(14)8-19)15-4-2-12-13-9-20-6-5-16(13)22-17(12)21-15/h1-7,9H,(H,21,22)/i18+0. The molecule has 1 N–H and O–H groups in total. The number of aromatic nitrogens is 3. The molecule has 0 spiro atoms. The van der Waals surface area contributed by atoms with Crippen molar-refractivity contribution in [2.45, 2.75) is 0 Å². The second-order valence-corrected chi connectivity index (χ2v) is 4.95. The number of nitrogens with one attached hydrogen (secondary N) is 1. The van der Waals surface area contributed by atoms with E-state index in [4.69, 9.17) is 5.26 Å². The summed E-state index contributed by atoms with van der Waals surface area (Å²) in [5.74, 6) is -0.524. The first-order chi connectivity index (χ1) is 10.8. The monoisotopic (exact) mass is 288 g/mol. The van der Waals surface area contributed by atoms with Crippen LogP contribution in [0.1, 0.15) is 5.56 Å². The number of halogens is 1. The van der Waals surface area contributed by atoms with Crippen LogP contribution in [0.5, 0.6) is 0 Å². The minimum absolute atomic E-state index is 0.0141. The second-order valence-electron chi connectivity index (χ2n) is 4.95. The van der Waals surface area contributed by atoms with Crippen LogP contribution in [0.25, 0.3) is 33.2 Å². The molecule has 4 aromatic rings. The third-order valence-electron chi connectivity index (χ3n) is 3.64. The van der Waals surface area contributed by atoms with Crippen LogP contribution in [0.15, 0.2) is 48.8 Å². The molecule has 0 bridgehead atoms. The molecule has 4 rings (SSSR count). The summed E-state index contributed by atoms with van der Waals surface area (Å²) in [5.41, 5.74) is 3.11. The van der Waals surface area contributed by atoms with Crippen LogP contribution in [-0.2, 0) is 0 Å². The van der Waals surface area contributed by atoms with Gasteiger partial charge in [-0.1, -0.05) is 0 Å². The SMILES string of the molecule is N#Cc1cc(-c2ccc3c(n2)[nH]c2ccncc23)ccc1[19F]. The van der Waals surface area contributed by atoms with Gasteiger partial charge in [-0.25, -0.2) is 9.37 Å². The number of nitriles is 1. The Morgan fingerprint density at radius 1 is 1.09 bits per heavy atom. The number of hydrogen-bond donors (Lipinski definition) is 1. The molecule has 5 heteroatoms. The number of fused-ring (bicyclic) bond motifs is 3. The molecule has 0 saturated heterocycles. The van der Waals surface area contributed by atoms with Gasteiger partial charge in [0.25, 0.3) is 0 Å². The predicted molar refractivity (Wildman–Crippen MR) is 81.5 cm³/mol. The minimum atomic E-state index is -0.524. The van der Waals surface area contributed by atoms with E-state index in [0.717, 1.165) is 21.9 Å². The fourth-order valence-corrected chi connectivity index (χ4v) is 2.55. The van der Waals surface area contributed by atoms with Crippen LogP contribution in [0.3, 0.4) is 0 Å². The zero-order chi connectivity index (χ0) is 15.1. The zero-order valence-electron chi connectivity index (χ0n) is 11.3. The summed E-state index contributed by atoms with van der Waals surface area (Å²) in [5, 5.41) is 10.9. The van der Waals surface area contributed by atoms with Gasteiger partial charge in [0, 0.05) is 28.7 Å². The molecule has 0 amide bonds. The molecule has 3 aromatic heterocycles. The lowest BCUT2D eigenvalue weighted by molar-refractivity contribution is 0.624. The first-order valence-corrected chi connectivity index (χ1v) is 6.69. The Balaban J connectivity index is 1.93. The lowest BCUT2D eigenvalue weighted by Gasteiger charge is -2.02. The Morgan fingerprint density at radius 2 is 2.00 bits per heavy atom. The fourth-order valence-electron chi connectivity index (χ4n) is 2.55. The lowest BCUT2D eigenvalue weighted by atomic mass is 10.1. The van der Waals surface area contributed by atoms with E-state index in [0.29, 0.717) is 11.3 Å². The van der Waals surface area contributed by atoms with Crippen LogP contribution in [0, 0.1) is 17.1 Å². The van der Waals surface area contributed by atoms with Crippen LogP contribution < -0.4 is 0 Å². The Morgan fingerprint density at radius 3 is 2.86 bits per heavy atom. The molecule has 0 aliphatic rings. The number of pyridine rings is 2. The van der Waals surface area contributed by atoms with E-state index in [1.165, 1.54) is 12.1 Å². The number of H-pyrrole nitrogens is 1. The number of aromatic amines is 1. The Bertz CT molecular complexity index is 1060. The van der Waals surface area contributed by atoms with Gasteiger partial charge in [0.05, 0.1) is 16.8 Å². The third kappa shape index (κ3) is 1.82. The van der Waals surface area contributed by atoms with Gasteiger partial charge in [-0.3, -0.25) is 4.98 Å². The van der Waals surface area contributed by atoms with Gasteiger partial charge < -0.3 is 4.98 Å². The van der Waals surface area contributed by atoms with Crippen LogP contribution in [0.4, 0.5) is 4.39 Å². The van der Waals surface area contributed by atoms with Crippen molar-refractivity contribution in [2.24, 2.45) is 0 Å². The first kappa shape index (κ1) is 12.5. The van der Waals surface area contributed by atoms with Crippen molar-refractivity contribution < 1.29 is 4.39 Å². The molecule has 0 atom stereocenters. The van der Waals surface area contributed by atoms with Crippen LogP contribution in [-0.4, -0.2) is 15.0 Å². The highest BCUT2D eigenvalue weighted by atomic mass is 19.1. The summed E-state index contributed by atoms with van der Waals surface area (Å²) in [4.78, 5) is 11.9. The normalized spacial score (nSPS) is 10.9. The zero-order valence-corrected chi connectivity index (χ0v) is 11.3. The molecule has 4 nitrogen and oxygen atoms in total. The van der Waals surface area contributed by atoms with Gasteiger partial charge in [-0.2, -0.15) is 5.26 Å². The van der Waals surface area contributed by atoms with Gasteiger partial charge in [-0.05, 0) is 36.4 Å². The fraction of sp³-hybridized carbons (Fsp3) is 0. The van der Waals surface area contributed by atoms with E-state index in [1.807, 2.05) is 24.3 Å². The van der Waals surface area contributed by atoms with Crippen molar-refractivity contribution in [1.82, 2.24) is 15.0 Å². The third-order valence-corrected chi connectivity index (χ3v) is 3.64. The minimum Gasteiger partial charge on any atom is -0.339 e. The number of benzene rings is 1. The van der Waals surface area contributed by atoms with E-state index >= 15 is 0 Å². The highest BCUT2D eigenvalue weighted by molar-refractivity contribution is 6.05. The summed E-state index contributed by atoms with van der Waals surface area (Å²) in [6.45, 7) is 0. The second kappa shape index (κ2) is 4.64. The number of rotatable bonds is 1. The number of hydrogen-bond acceptors (Lipinski definition) is 3. The van der Waals surface area contributed by atoms with Crippen LogP contribution in [0.2, 0.25) is 0 Å². The molecule has 22 heavy (non-hydrogen) atoms. The van der Waals surface area contributed by atoms with Crippen LogP contribution >= 0.6 is 0 Å². The smallest absolute Gasteiger partial charge is 0.140 e. The molecule has 3 heterocycles. The molecule has 0 aliphatic carbocycles. The maximum Gasteiger partial charge on any atom is 0.140 e. The molecule has 0 saturated carbocycles. The Hall–Kier alpha value is -3.26. The lowest BCUT2D eigenvalue weighted by Crippen LogP contribution is -1.88. The van der Waals surface area contributed by atoms with Gasteiger partial charge in [-0.15, -0.1) is 0 Å². The topological polar surface area (TPSA) is 65.4 Å². The highest BCUT2D eigenvalue weighted by Gasteiger charge is 2.09. The molecule has 0 aliphatic heterocycles. The van der Waals surface area contributed by atoms with Crippen molar-refractivity contribution in [1.29, 1.82) is 5.26 Å². The summed E-state index contributed by atoms with van der Waals surface area (Å²) >= 11 is 0. The van der Waals surface area contributed by atoms with Crippen molar-refractivity contribution in [2.75, 3.05) is 0 Å². The van der Waals surface area contributed by atoms with E-state index < -0.39 is 5.82 Å². The first-order valence-electron chi connectivity index (χ1n) is 6.69. The van der Waals surface area contributed by atoms with Crippen molar-refractivity contribution in [3.63, 3.8) is 0 Å². The summed E-state index contributed by atoms with van der Waals surface area (Å²) in [7, 11) is 0. The summed E-state index contributed by atoms with van der Waals surface area (Å²) in [6, 6.07) is 12.0. The van der Waals surface area contributed by atoms with Gasteiger partial charge in [0.2, 0.25) is 0 Å². The van der Waals surface area contributed by atoms with E-state index in [9.17, 15) is 4.39 Å². The largest absolute Gasteiger partial charge is 0.339 e. The predicted octanol–water partition coefficient (Wildman–Crippen LogP) is 3.79. The molecule has 0 radical (unpaired) electrons. The molecule has 0 unspecified atom stereocenters. The molecule has 1 aromatic carbocycles. The van der Waals surface area contributed by atoms with Gasteiger partial charge >= 0.3 is 0 Å². The van der Waals surface area contributed by atoms with E-state index in [-0.39, 0.29) is 5.56 Å². The highest BCUT2D eigenvalue weighted by Crippen LogP contribution is 2.27. The quantitative estimate of drug-likeness (QED) is 0.579. The summed E-state index contributed by atoms with van der Waals surface area (Å²) in [6.07, 6.45) is 3.51. The molecule has 0 fully saturated rings. The maximum absolute atomic E-state index is 13.4. The Labute approximate surface area is 124 Å². The van der Waals surface area contributed by atoms with Crippen molar-refractivity contribution in [3.8, 4) is 17.3 Å². The van der Waals surface area contributed by atoms with Crippen molar-refractivity contribution in [3.05, 3.63) is 60.2 Å². The Kier molecular flexibility index (Phi) is 2.63. The van der Waals surface area contributed by atoms with Crippen molar-refractivity contribution >= 4 is 21.9 Å². The molecule has 104 valence electrons.